The predicted molar refractivity (Wildman–Crippen MR) is 83.4 cm³/mol. The highest BCUT2D eigenvalue weighted by atomic mass is 79.9. The third-order valence-corrected chi connectivity index (χ3v) is 5.29. The van der Waals surface area contributed by atoms with E-state index in [0.717, 1.165) is 42.5 Å². The molecule has 128 valence electrons. The van der Waals surface area contributed by atoms with Gasteiger partial charge in [-0.15, -0.1) is 0 Å². The summed E-state index contributed by atoms with van der Waals surface area (Å²) in [4.78, 5) is 10.6. The van der Waals surface area contributed by atoms with Gasteiger partial charge in [0.1, 0.15) is 4.90 Å². The molecule has 0 heterocycles. The highest BCUT2D eigenvalue weighted by Crippen LogP contribution is 2.31. The smallest absolute Gasteiger partial charge is 0.416 e. The SMILES string of the molecule is O=C(O)c1ccc(S(=O)(=O)Nc2ccc(C(F)(F)F)cc2)c(Br)c1. The minimum Gasteiger partial charge on any atom is -0.478 e. The van der Waals surface area contributed by atoms with Crippen LogP contribution in [0.25, 0.3) is 0 Å². The highest BCUT2D eigenvalue weighted by Gasteiger charge is 2.30. The molecule has 2 aromatic carbocycles. The van der Waals surface area contributed by atoms with E-state index in [-0.39, 0.29) is 20.6 Å². The zero-order valence-electron chi connectivity index (χ0n) is 11.6. The van der Waals surface area contributed by atoms with E-state index in [1.807, 2.05) is 0 Å². The lowest BCUT2D eigenvalue weighted by molar-refractivity contribution is -0.137. The van der Waals surface area contributed by atoms with Gasteiger partial charge in [-0.25, -0.2) is 13.2 Å². The van der Waals surface area contributed by atoms with Gasteiger partial charge in [-0.1, -0.05) is 0 Å². The van der Waals surface area contributed by atoms with Crippen LogP contribution in [-0.2, 0) is 16.2 Å². The second kappa shape index (κ2) is 6.44. The zero-order chi connectivity index (χ0) is 18.1. The normalized spacial score (nSPS) is 12.0. The van der Waals surface area contributed by atoms with Gasteiger partial charge >= 0.3 is 12.1 Å². The third-order valence-electron chi connectivity index (χ3n) is 2.93. The van der Waals surface area contributed by atoms with Crippen molar-refractivity contribution in [2.45, 2.75) is 11.1 Å². The first-order chi connectivity index (χ1) is 11.0. The van der Waals surface area contributed by atoms with Gasteiger partial charge in [-0.05, 0) is 58.4 Å². The molecule has 0 aromatic heterocycles. The largest absolute Gasteiger partial charge is 0.478 e. The van der Waals surface area contributed by atoms with Crippen LogP contribution in [0.2, 0.25) is 0 Å². The summed E-state index contributed by atoms with van der Waals surface area (Å²) in [5.74, 6) is -1.23. The highest BCUT2D eigenvalue weighted by molar-refractivity contribution is 9.10. The molecule has 24 heavy (non-hydrogen) atoms. The summed E-state index contributed by atoms with van der Waals surface area (Å²) in [6, 6.07) is 6.78. The maximum atomic E-state index is 12.5. The van der Waals surface area contributed by atoms with Gasteiger partial charge in [0.2, 0.25) is 0 Å². The predicted octanol–water partition coefficient (Wildman–Crippen LogP) is 3.97. The van der Waals surface area contributed by atoms with Crippen molar-refractivity contribution in [3.05, 3.63) is 58.1 Å². The topological polar surface area (TPSA) is 83.5 Å². The number of carboxylic acids is 1. The second-order valence-corrected chi connectivity index (χ2v) is 7.14. The maximum absolute atomic E-state index is 12.5. The lowest BCUT2D eigenvalue weighted by Gasteiger charge is -2.11. The molecule has 0 spiro atoms. The van der Waals surface area contributed by atoms with Crippen molar-refractivity contribution in [3.8, 4) is 0 Å². The molecular weight excluding hydrogens is 415 g/mol. The number of carboxylic acid groups (broad SMARTS) is 1. The Balaban J connectivity index is 2.30. The monoisotopic (exact) mass is 423 g/mol. The molecule has 2 N–H and O–H groups in total. The van der Waals surface area contributed by atoms with Crippen LogP contribution in [0.4, 0.5) is 18.9 Å². The molecule has 0 bridgehead atoms. The van der Waals surface area contributed by atoms with Gasteiger partial charge in [0.15, 0.2) is 0 Å². The van der Waals surface area contributed by atoms with Crippen molar-refractivity contribution in [2.24, 2.45) is 0 Å². The van der Waals surface area contributed by atoms with Crippen molar-refractivity contribution in [3.63, 3.8) is 0 Å². The molecule has 0 fully saturated rings. The number of hydrogen-bond donors (Lipinski definition) is 2. The molecule has 0 atom stereocenters. The number of anilines is 1. The van der Waals surface area contributed by atoms with Crippen LogP contribution in [0, 0.1) is 0 Å². The number of benzene rings is 2. The second-order valence-electron chi connectivity index (χ2n) is 4.63. The average molecular weight is 424 g/mol. The van der Waals surface area contributed by atoms with Crippen molar-refractivity contribution >= 4 is 37.6 Å². The Hall–Kier alpha value is -2.07. The average Bonchev–Trinajstić information content (AvgIpc) is 2.45. The van der Waals surface area contributed by atoms with Gasteiger partial charge in [0, 0.05) is 10.2 Å². The number of sulfonamides is 1. The van der Waals surface area contributed by atoms with E-state index in [0.29, 0.717) is 0 Å². The maximum Gasteiger partial charge on any atom is 0.416 e. The van der Waals surface area contributed by atoms with Crippen LogP contribution in [0.5, 0.6) is 0 Å². The van der Waals surface area contributed by atoms with Gasteiger partial charge < -0.3 is 5.11 Å². The van der Waals surface area contributed by atoms with Crippen molar-refractivity contribution in [2.75, 3.05) is 4.72 Å². The molecule has 5 nitrogen and oxygen atoms in total. The Morgan fingerprint density at radius 2 is 1.67 bits per heavy atom. The van der Waals surface area contributed by atoms with E-state index in [2.05, 4.69) is 20.7 Å². The molecule has 0 radical (unpaired) electrons. The van der Waals surface area contributed by atoms with Crippen molar-refractivity contribution < 1.29 is 31.5 Å². The van der Waals surface area contributed by atoms with E-state index in [4.69, 9.17) is 5.11 Å². The molecule has 0 saturated carbocycles. The number of rotatable bonds is 4. The minimum atomic E-state index is -4.52. The number of halogens is 4. The van der Waals surface area contributed by atoms with Crippen LogP contribution >= 0.6 is 15.9 Å². The van der Waals surface area contributed by atoms with Gasteiger partial charge in [0.25, 0.3) is 10.0 Å². The quantitative estimate of drug-likeness (QED) is 0.779. The van der Waals surface area contributed by atoms with Gasteiger partial charge in [-0.2, -0.15) is 13.2 Å². The molecule has 2 aromatic rings. The van der Waals surface area contributed by atoms with E-state index in [1.54, 1.807) is 0 Å². The molecule has 0 aliphatic carbocycles. The van der Waals surface area contributed by atoms with Crippen LogP contribution in [-0.4, -0.2) is 19.5 Å². The summed E-state index contributed by atoms with van der Waals surface area (Å²) in [5, 5.41) is 8.85. The van der Waals surface area contributed by atoms with Crippen LogP contribution in [0.15, 0.2) is 51.8 Å². The molecule has 0 amide bonds. The number of hydrogen-bond acceptors (Lipinski definition) is 3. The lowest BCUT2D eigenvalue weighted by Crippen LogP contribution is -2.14. The summed E-state index contributed by atoms with van der Waals surface area (Å²) in [7, 11) is -4.11. The molecule has 0 aliphatic rings. The minimum absolute atomic E-state index is 0.0156. The first-order valence-corrected chi connectivity index (χ1v) is 8.51. The van der Waals surface area contributed by atoms with Crippen LogP contribution in [0.3, 0.4) is 0 Å². The Kier molecular flexibility index (Phi) is 4.90. The Bertz CT molecular complexity index is 880. The standard InChI is InChI=1S/C14H9BrF3NO4S/c15-11-7-8(13(20)21)1-6-12(11)24(22,23)19-10-4-2-9(3-5-10)14(16,17)18/h1-7,19H,(H,20,21). The zero-order valence-corrected chi connectivity index (χ0v) is 14.0. The summed E-state index contributed by atoms with van der Waals surface area (Å²) in [6.45, 7) is 0. The summed E-state index contributed by atoms with van der Waals surface area (Å²) in [5.41, 5.74) is -1.08. The Morgan fingerprint density at radius 3 is 2.12 bits per heavy atom. The first-order valence-electron chi connectivity index (χ1n) is 6.23. The van der Waals surface area contributed by atoms with Crippen LogP contribution in [0.1, 0.15) is 15.9 Å². The van der Waals surface area contributed by atoms with Gasteiger partial charge in [-0.3, -0.25) is 4.72 Å². The lowest BCUT2D eigenvalue weighted by atomic mass is 10.2. The molecule has 0 aliphatic heterocycles. The summed E-state index contributed by atoms with van der Waals surface area (Å²) < 4.78 is 64.2. The van der Waals surface area contributed by atoms with Crippen LogP contribution < -0.4 is 4.72 Å². The van der Waals surface area contributed by atoms with E-state index < -0.39 is 27.7 Å². The van der Waals surface area contributed by atoms with Crippen molar-refractivity contribution in [1.29, 1.82) is 0 Å². The molecule has 0 saturated heterocycles. The van der Waals surface area contributed by atoms with E-state index in [9.17, 15) is 26.4 Å². The number of aromatic carboxylic acids is 1. The summed E-state index contributed by atoms with van der Waals surface area (Å²) in [6.07, 6.45) is -4.52. The molecule has 2 rings (SSSR count). The van der Waals surface area contributed by atoms with E-state index >= 15 is 0 Å². The fourth-order valence-corrected chi connectivity index (χ4v) is 3.93. The Morgan fingerprint density at radius 1 is 1.08 bits per heavy atom. The number of alkyl halides is 3. The number of nitrogens with one attached hydrogen (secondary N) is 1. The molecule has 10 heteroatoms. The van der Waals surface area contributed by atoms with E-state index in [1.165, 1.54) is 0 Å². The van der Waals surface area contributed by atoms with Crippen molar-refractivity contribution in [1.82, 2.24) is 0 Å². The molecular formula is C14H9BrF3NO4S. The first kappa shape index (κ1) is 18.3. The fourth-order valence-electron chi connectivity index (χ4n) is 1.79. The summed E-state index contributed by atoms with van der Waals surface area (Å²) >= 11 is 2.97. The van der Waals surface area contributed by atoms with Gasteiger partial charge in [0.05, 0.1) is 11.1 Å². The Labute approximate surface area is 143 Å². The number of carbonyl (C=O) groups is 1. The fraction of sp³-hybridized carbons (Fsp3) is 0.0714. The molecule has 0 unspecified atom stereocenters. The third kappa shape index (κ3) is 4.06.